The first-order valence-electron chi connectivity index (χ1n) is 18.6. The Morgan fingerprint density at radius 1 is 0.620 bits per heavy atom. The van der Waals surface area contributed by atoms with Gasteiger partial charge in [-0.25, -0.2) is 0 Å². The van der Waals surface area contributed by atoms with Crippen LogP contribution in [0.2, 0.25) is 0 Å². The summed E-state index contributed by atoms with van der Waals surface area (Å²) < 4.78 is 2.44. The van der Waals surface area contributed by atoms with E-state index in [0.717, 1.165) is 32.1 Å². The summed E-state index contributed by atoms with van der Waals surface area (Å²) >= 11 is 0. The summed E-state index contributed by atoms with van der Waals surface area (Å²) in [6.07, 6.45) is 33.1. The summed E-state index contributed by atoms with van der Waals surface area (Å²) in [5.74, 6) is 1.25. The van der Waals surface area contributed by atoms with Crippen LogP contribution in [0.1, 0.15) is 56.9 Å². The van der Waals surface area contributed by atoms with E-state index >= 15 is 0 Å². The first kappa shape index (κ1) is 30.7. The average molecular weight is 649 g/mol. The molecule has 0 fully saturated rings. The lowest BCUT2D eigenvalue weighted by Crippen LogP contribution is -2.16. The van der Waals surface area contributed by atoms with Gasteiger partial charge in [0.1, 0.15) is 0 Å². The van der Waals surface area contributed by atoms with Gasteiger partial charge in [-0.3, -0.25) is 0 Å². The lowest BCUT2D eigenvalue weighted by Gasteiger charge is -2.27. The van der Waals surface area contributed by atoms with Gasteiger partial charge in [-0.1, -0.05) is 109 Å². The van der Waals surface area contributed by atoms with Gasteiger partial charge in [-0.05, 0) is 129 Å². The molecule has 5 aromatic rings. The van der Waals surface area contributed by atoms with Crippen molar-refractivity contribution in [3.05, 3.63) is 180 Å². The summed E-state index contributed by atoms with van der Waals surface area (Å²) in [7, 11) is 0. The molecule has 0 spiro atoms. The highest BCUT2D eigenvalue weighted by atomic mass is 15.1. The van der Waals surface area contributed by atoms with E-state index in [2.05, 4.69) is 167 Å². The van der Waals surface area contributed by atoms with E-state index in [1.165, 1.54) is 75.0 Å². The molecule has 0 aliphatic heterocycles. The molecule has 0 bridgehead atoms. The van der Waals surface area contributed by atoms with Crippen LogP contribution < -0.4 is 4.90 Å². The number of rotatable bonds is 7. The predicted molar refractivity (Wildman–Crippen MR) is 213 cm³/mol. The summed E-state index contributed by atoms with van der Waals surface area (Å²) in [5.41, 5.74) is 13.1. The van der Waals surface area contributed by atoms with Crippen molar-refractivity contribution < 1.29 is 0 Å². The molecule has 2 unspecified atom stereocenters. The molecule has 0 saturated carbocycles. The number of hydrogen-bond donors (Lipinski definition) is 0. The molecule has 2 nitrogen and oxygen atoms in total. The van der Waals surface area contributed by atoms with Crippen LogP contribution in [0.15, 0.2) is 175 Å². The molecule has 0 N–H and O–H groups in total. The van der Waals surface area contributed by atoms with Crippen molar-refractivity contribution in [2.75, 3.05) is 4.90 Å². The number of benzene rings is 4. The van der Waals surface area contributed by atoms with Gasteiger partial charge in [0, 0.05) is 39.4 Å². The zero-order chi connectivity index (χ0) is 33.3. The van der Waals surface area contributed by atoms with E-state index in [0.29, 0.717) is 11.8 Å². The summed E-state index contributed by atoms with van der Waals surface area (Å²) in [4.78, 5) is 2.40. The van der Waals surface area contributed by atoms with Crippen LogP contribution in [0.3, 0.4) is 0 Å². The molecule has 2 heteroatoms. The third-order valence-corrected chi connectivity index (χ3v) is 11.2. The second-order valence-electron chi connectivity index (χ2n) is 14.2. The van der Waals surface area contributed by atoms with Crippen LogP contribution in [0, 0.1) is 11.8 Å². The first-order valence-corrected chi connectivity index (χ1v) is 18.6. The lowest BCUT2D eigenvalue weighted by atomic mass is 9.79. The van der Waals surface area contributed by atoms with Gasteiger partial charge >= 0.3 is 0 Å². The average Bonchev–Trinajstić information content (AvgIpc) is 3.53. The summed E-state index contributed by atoms with van der Waals surface area (Å²) in [6.45, 7) is 0. The fraction of sp³-hybridized carbons (Fsp3) is 0.208. The van der Waals surface area contributed by atoms with Crippen LogP contribution in [0.25, 0.3) is 33.1 Å². The third kappa shape index (κ3) is 5.83. The first-order chi connectivity index (χ1) is 24.8. The number of nitrogens with zero attached hydrogens (tertiary/aromatic N) is 2. The van der Waals surface area contributed by atoms with Crippen molar-refractivity contribution in [2.45, 2.75) is 51.4 Å². The topological polar surface area (TPSA) is 8.17 Å². The number of hydrogen-bond acceptors (Lipinski definition) is 1. The van der Waals surface area contributed by atoms with Gasteiger partial charge in [0.15, 0.2) is 0 Å². The number of para-hydroxylation sites is 2. The highest BCUT2D eigenvalue weighted by Gasteiger charge is 2.22. The molecule has 0 saturated heterocycles. The van der Waals surface area contributed by atoms with Crippen LogP contribution in [-0.2, 0) is 0 Å². The summed E-state index contributed by atoms with van der Waals surface area (Å²) in [6, 6.07) is 35.7. The van der Waals surface area contributed by atoms with E-state index < -0.39 is 0 Å². The molecular weight excluding hydrogens is 605 g/mol. The molecule has 1 heterocycles. The van der Waals surface area contributed by atoms with E-state index in [4.69, 9.17) is 0 Å². The highest BCUT2D eigenvalue weighted by Crippen LogP contribution is 2.41. The normalized spacial score (nSPS) is 20.4. The zero-order valence-electron chi connectivity index (χ0n) is 28.7. The van der Waals surface area contributed by atoms with Crippen LogP contribution in [-0.4, -0.2) is 4.57 Å². The van der Waals surface area contributed by atoms with E-state index in [9.17, 15) is 0 Å². The highest BCUT2D eigenvalue weighted by molar-refractivity contribution is 6.11. The monoisotopic (exact) mass is 648 g/mol. The maximum absolute atomic E-state index is 2.53. The maximum atomic E-state index is 2.53. The number of aromatic nitrogens is 1. The molecule has 0 amide bonds. The molecule has 4 aromatic carbocycles. The molecule has 50 heavy (non-hydrogen) atoms. The SMILES string of the molecule is C1=CC(N(c2ccccc2)c2ccc3c4cc(C5=CC=C(C6C=CC(C7CC=CCC7)=CC6)CC5)ccc4n(-c4ccccc4)c3c2)=CCC1. The van der Waals surface area contributed by atoms with Crippen molar-refractivity contribution in [3.8, 4) is 5.69 Å². The van der Waals surface area contributed by atoms with Crippen LogP contribution in [0.5, 0.6) is 0 Å². The van der Waals surface area contributed by atoms with E-state index in [1.54, 1.807) is 11.1 Å². The minimum absolute atomic E-state index is 0.534. The molecule has 1 aromatic heterocycles. The Morgan fingerprint density at radius 3 is 2.24 bits per heavy atom. The van der Waals surface area contributed by atoms with Crippen molar-refractivity contribution in [1.29, 1.82) is 0 Å². The Labute approximate surface area is 296 Å². The largest absolute Gasteiger partial charge is 0.311 e. The van der Waals surface area contributed by atoms with Crippen LogP contribution >= 0.6 is 0 Å². The molecule has 2 atom stereocenters. The molecule has 4 aliphatic rings. The maximum Gasteiger partial charge on any atom is 0.0561 e. The number of allylic oxidation sites excluding steroid dienone is 13. The third-order valence-electron chi connectivity index (χ3n) is 11.2. The Balaban J connectivity index is 1.08. The van der Waals surface area contributed by atoms with Crippen molar-refractivity contribution >= 4 is 38.8 Å². The van der Waals surface area contributed by atoms with E-state index in [1.807, 2.05) is 0 Å². The molecule has 9 rings (SSSR count). The fourth-order valence-corrected chi connectivity index (χ4v) is 8.51. The van der Waals surface area contributed by atoms with Gasteiger partial charge in [-0.2, -0.15) is 0 Å². The minimum Gasteiger partial charge on any atom is -0.311 e. The van der Waals surface area contributed by atoms with Gasteiger partial charge in [0.25, 0.3) is 0 Å². The van der Waals surface area contributed by atoms with Gasteiger partial charge < -0.3 is 9.47 Å². The standard InChI is InChI=1S/C48H44N2/c1-5-13-35(14-6-1)36-21-23-37(24-22-36)38-25-27-39(28-26-38)40-29-32-47-46(33-40)45-31-30-44(34-48(45)50(47)43-19-11-4-12-20-43)49(41-15-7-2-8-16-41)42-17-9-3-10-18-42/h1-2,4-5,7-9,11-12,15-23,25,27,29-35,37H,3,6,10,13-14,24,26,28H2. The smallest absolute Gasteiger partial charge is 0.0561 e. The Bertz CT molecular complexity index is 2270. The van der Waals surface area contributed by atoms with E-state index in [-0.39, 0.29) is 0 Å². The van der Waals surface area contributed by atoms with Crippen LogP contribution in [0.4, 0.5) is 11.4 Å². The van der Waals surface area contributed by atoms with Crippen molar-refractivity contribution in [2.24, 2.45) is 11.8 Å². The second kappa shape index (κ2) is 13.5. The Kier molecular flexibility index (Phi) is 8.30. The fourth-order valence-electron chi connectivity index (χ4n) is 8.51. The number of anilines is 2. The zero-order valence-corrected chi connectivity index (χ0v) is 28.7. The van der Waals surface area contributed by atoms with Gasteiger partial charge in [0.05, 0.1) is 11.0 Å². The van der Waals surface area contributed by atoms with Crippen molar-refractivity contribution in [1.82, 2.24) is 4.57 Å². The molecule has 0 radical (unpaired) electrons. The quantitative estimate of drug-likeness (QED) is 0.159. The van der Waals surface area contributed by atoms with Gasteiger partial charge in [-0.15, -0.1) is 0 Å². The minimum atomic E-state index is 0.534. The Hall–Kier alpha value is -5.34. The van der Waals surface area contributed by atoms with Gasteiger partial charge in [0.2, 0.25) is 0 Å². The molecule has 4 aliphatic carbocycles. The molecular formula is C48H44N2. The second-order valence-corrected chi connectivity index (χ2v) is 14.2. The lowest BCUT2D eigenvalue weighted by molar-refractivity contribution is 0.553. The molecule has 246 valence electrons. The predicted octanol–water partition coefficient (Wildman–Crippen LogP) is 13.1. The summed E-state index contributed by atoms with van der Waals surface area (Å²) in [5, 5.41) is 2.59. The Morgan fingerprint density at radius 2 is 1.50 bits per heavy atom. The van der Waals surface area contributed by atoms with Crippen molar-refractivity contribution in [3.63, 3.8) is 0 Å². The number of fused-ring (bicyclic) bond motifs is 3.